The minimum absolute atomic E-state index is 0.154. The SMILES string of the molecule is Cc1nc(C(C)C)cc(N2CC3(CCN(C(=O)c4ccn(C)c4)C3)C2)n1. The number of nitrogens with zero attached hydrogens (tertiary/aromatic N) is 5. The van der Waals surface area contributed by atoms with Crippen LogP contribution in [0.2, 0.25) is 0 Å². The van der Waals surface area contributed by atoms with Gasteiger partial charge >= 0.3 is 0 Å². The van der Waals surface area contributed by atoms with Gasteiger partial charge in [-0.05, 0) is 25.3 Å². The van der Waals surface area contributed by atoms with E-state index in [9.17, 15) is 4.79 Å². The number of rotatable bonds is 3. The van der Waals surface area contributed by atoms with E-state index < -0.39 is 0 Å². The summed E-state index contributed by atoms with van der Waals surface area (Å²) in [5.41, 5.74) is 2.11. The molecule has 2 saturated heterocycles. The topological polar surface area (TPSA) is 54.3 Å². The van der Waals surface area contributed by atoms with E-state index in [1.54, 1.807) is 0 Å². The Balaban J connectivity index is 1.42. The van der Waals surface area contributed by atoms with Crippen LogP contribution in [0.1, 0.15) is 48.1 Å². The van der Waals surface area contributed by atoms with Crippen molar-refractivity contribution < 1.29 is 4.79 Å². The molecule has 1 amide bonds. The highest BCUT2D eigenvalue weighted by Crippen LogP contribution is 2.42. The third-order valence-corrected chi connectivity index (χ3v) is 5.62. The molecule has 0 aliphatic carbocycles. The van der Waals surface area contributed by atoms with Crippen molar-refractivity contribution in [3.05, 3.63) is 41.6 Å². The van der Waals surface area contributed by atoms with E-state index in [0.29, 0.717) is 5.92 Å². The third kappa shape index (κ3) is 2.97. The van der Waals surface area contributed by atoms with E-state index in [1.165, 1.54) is 0 Å². The number of carbonyl (C=O) groups excluding carboxylic acids is 1. The summed E-state index contributed by atoms with van der Waals surface area (Å²) >= 11 is 0. The lowest BCUT2D eigenvalue weighted by atomic mass is 9.79. The minimum atomic E-state index is 0.154. The summed E-state index contributed by atoms with van der Waals surface area (Å²) in [5.74, 6) is 2.41. The maximum absolute atomic E-state index is 12.7. The molecule has 0 saturated carbocycles. The number of hydrogen-bond acceptors (Lipinski definition) is 4. The van der Waals surface area contributed by atoms with Crippen molar-refractivity contribution in [2.75, 3.05) is 31.1 Å². The molecule has 0 atom stereocenters. The quantitative estimate of drug-likeness (QED) is 0.851. The van der Waals surface area contributed by atoms with E-state index in [1.807, 2.05) is 41.9 Å². The van der Waals surface area contributed by atoms with Crippen LogP contribution in [0, 0.1) is 12.3 Å². The zero-order chi connectivity index (χ0) is 18.5. The average molecular weight is 353 g/mol. The number of amides is 1. The van der Waals surface area contributed by atoms with Crippen LogP contribution in [-0.2, 0) is 7.05 Å². The second-order valence-electron chi connectivity index (χ2n) is 8.25. The first kappa shape index (κ1) is 17.1. The summed E-state index contributed by atoms with van der Waals surface area (Å²) in [6.07, 6.45) is 4.90. The van der Waals surface area contributed by atoms with Gasteiger partial charge in [0.2, 0.25) is 0 Å². The molecular weight excluding hydrogens is 326 g/mol. The van der Waals surface area contributed by atoms with Gasteiger partial charge in [0.05, 0.1) is 5.56 Å². The normalized spacial score (nSPS) is 18.7. The summed E-state index contributed by atoms with van der Waals surface area (Å²) < 4.78 is 1.92. The van der Waals surface area contributed by atoms with Gasteiger partial charge in [0.25, 0.3) is 5.91 Å². The van der Waals surface area contributed by atoms with Crippen LogP contribution in [0.25, 0.3) is 0 Å². The number of aryl methyl sites for hydroxylation is 2. The first-order valence-corrected chi connectivity index (χ1v) is 9.37. The predicted octanol–water partition coefficient (Wildman–Crippen LogP) is 2.60. The van der Waals surface area contributed by atoms with E-state index >= 15 is 0 Å². The lowest BCUT2D eigenvalue weighted by Gasteiger charge is -2.48. The molecule has 1 spiro atoms. The number of likely N-dealkylation sites (tertiary alicyclic amines) is 1. The van der Waals surface area contributed by atoms with E-state index in [2.05, 4.69) is 34.8 Å². The van der Waals surface area contributed by atoms with Gasteiger partial charge in [0, 0.05) is 62.8 Å². The van der Waals surface area contributed by atoms with Crippen LogP contribution >= 0.6 is 0 Å². The van der Waals surface area contributed by atoms with Crippen molar-refractivity contribution in [1.82, 2.24) is 19.4 Å². The smallest absolute Gasteiger partial charge is 0.255 e. The summed E-state index contributed by atoms with van der Waals surface area (Å²) in [7, 11) is 1.95. The van der Waals surface area contributed by atoms with Crippen molar-refractivity contribution in [2.45, 2.75) is 33.1 Å². The number of carbonyl (C=O) groups is 1. The number of aromatic nitrogens is 3. The lowest BCUT2D eigenvalue weighted by molar-refractivity contribution is 0.0763. The minimum Gasteiger partial charge on any atom is -0.356 e. The van der Waals surface area contributed by atoms with Crippen molar-refractivity contribution >= 4 is 11.7 Å². The van der Waals surface area contributed by atoms with Crippen molar-refractivity contribution in [2.24, 2.45) is 12.5 Å². The predicted molar refractivity (Wildman–Crippen MR) is 101 cm³/mol. The summed E-state index contributed by atoms with van der Waals surface area (Å²) in [4.78, 5) is 26.2. The molecule has 4 rings (SSSR count). The molecule has 2 aromatic rings. The molecule has 0 radical (unpaired) electrons. The van der Waals surface area contributed by atoms with Gasteiger partial charge < -0.3 is 14.4 Å². The highest BCUT2D eigenvalue weighted by atomic mass is 16.2. The highest BCUT2D eigenvalue weighted by molar-refractivity contribution is 5.94. The van der Waals surface area contributed by atoms with Crippen LogP contribution in [0.4, 0.5) is 5.82 Å². The first-order chi connectivity index (χ1) is 12.3. The van der Waals surface area contributed by atoms with Gasteiger partial charge in [-0.2, -0.15) is 0 Å². The van der Waals surface area contributed by atoms with Gasteiger partial charge in [-0.25, -0.2) is 9.97 Å². The Hall–Kier alpha value is -2.37. The molecule has 138 valence electrons. The molecule has 6 heteroatoms. The summed E-state index contributed by atoms with van der Waals surface area (Å²) in [6, 6.07) is 4.02. The second-order valence-corrected chi connectivity index (χ2v) is 8.25. The van der Waals surface area contributed by atoms with Crippen LogP contribution in [-0.4, -0.2) is 51.5 Å². The Kier molecular flexibility index (Phi) is 4.01. The molecule has 2 fully saturated rings. The highest BCUT2D eigenvalue weighted by Gasteiger charge is 2.49. The van der Waals surface area contributed by atoms with Gasteiger partial charge in [-0.1, -0.05) is 13.8 Å². The van der Waals surface area contributed by atoms with Crippen molar-refractivity contribution in [1.29, 1.82) is 0 Å². The molecule has 4 heterocycles. The van der Waals surface area contributed by atoms with Gasteiger partial charge in [0.15, 0.2) is 0 Å². The average Bonchev–Trinajstić information content (AvgIpc) is 3.19. The molecule has 2 aromatic heterocycles. The Bertz CT molecular complexity index is 834. The fourth-order valence-corrected chi connectivity index (χ4v) is 4.14. The van der Waals surface area contributed by atoms with Gasteiger partial charge in [-0.15, -0.1) is 0 Å². The molecule has 26 heavy (non-hydrogen) atoms. The third-order valence-electron chi connectivity index (χ3n) is 5.62. The monoisotopic (exact) mass is 353 g/mol. The molecule has 0 aromatic carbocycles. The van der Waals surface area contributed by atoms with Crippen molar-refractivity contribution in [3.63, 3.8) is 0 Å². The fraction of sp³-hybridized carbons (Fsp3) is 0.550. The van der Waals surface area contributed by atoms with E-state index in [0.717, 1.165) is 55.5 Å². The fourth-order valence-electron chi connectivity index (χ4n) is 4.14. The molecule has 0 unspecified atom stereocenters. The Morgan fingerprint density at radius 2 is 2.00 bits per heavy atom. The zero-order valence-electron chi connectivity index (χ0n) is 16.1. The molecule has 2 aliphatic rings. The summed E-state index contributed by atoms with van der Waals surface area (Å²) in [5, 5.41) is 0. The molecule has 0 bridgehead atoms. The maximum Gasteiger partial charge on any atom is 0.255 e. The molecule has 6 nitrogen and oxygen atoms in total. The van der Waals surface area contributed by atoms with Gasteiger partial charge in [0.1, 0.15) is 11.6 Å². The zero-order valence-corrected chi connectivity index (χ0v) is 16.1. The van der Waals surface area contributed by atoms with Crippen LogP contribution in [0.3, 0.4) is 0 Å². The Morgan fingerprint density at radius 3 is 2.65 bits per heavy atom. The van der Waals surface area contributed by atoms with Crippen molar-refractivity contribution in [3.8, 4) is 0 Å². The van der Waals surface area contributed by atoms with E-state index in [-0.39, 0.29) is 11.3 Å². The van der Waals surface area contributed by atoms with E-state index in [4.69, 9.17) is 0 Å². The van der Waals surface area contributed by atoms with Crippen LogP contribution in [0.15, 0.2) is 24.5 Å². The second kappa shape index (κ2) is 6.11. The van der Waals surface area contributed by atoms with Crippen LogP contribution < -0.4 is 4.90 Å². The molecular formula is C20H27N5O. The number of anilines is 1. The largest absolute Gasteiger partial charge is 0.356 e. The summed E-state index contributed by atoms with van der Waals surface area (Å²) in [6.45, 7) is 9.92. The molecule has 0 N–H and O–H groups in total. The lowest BCUT2D eigenvalue weighted by Crippen LogP contribution is -2.58. The maximum atomic E-state index is 12.7. The first-order valence-electron chi connectivity index (χ1n) is 9.37. The Labute approximate surface area is 154 Å². The van der Waals surface area contributed by atoms with Gasteiger partial charge in [-0.3, -0.25) is 4.79 Å². The Morgan fingerprint density at radius 1 is 1.23 bits per heavy atom. The molecule has 2 aliphatic heterocycles. The standard InChI is InChI=1S/C20H27N5O/c1-14(2)17-9-18(22-15(3)21-17)25-12-20(13-25)6-8-24(11-20)19(26)16-5-7-23(4)10-16/h5,7,9-10,14H,6,8,11-13H2,1-4H3. The van der Waals surface area contributed by atoms with Crippen LogP contribution in [0.5, 0.6) is 0 Å². The number of hydrogen-bond donors (Lipinski definition) is 0.